The minimum Gasteiger partial charge on any atom is -0.313 e. The monoisotopic (exact) mass is 257 g/mol. The Morgan fingerprint density at radius 2 is 1.60 bits per heavy atom. The number of hydrogen-bond acceptors (Lipinski definition) is 5. The van der Waals surface area contributed by atoms with Crippen molar-refractivity contribution in [1.29, 1.82) is 0 Å². The van der Waals surface area contributed by atoms with Crippen LogP contribution in [0.2, 0.25) is 0 Å². The molecule has 0 spiro atoms. The molecule has 0 aliphatic heterocycles. The summed E-state index contributed by atoms with van der Waals surface area (Å²) in [5.74, 6) is 0.206. The maximum Gasteiger partial charge on any atom is 0.148 e. The van der Waals surface area contributed by atoms with Crippen LogP contribution < -0.4 is 5.32 Å². The number of rotatable bonds is 7. The van der Waals surface area contributed by atoms with Gasteiger partial charge in [-0.05, 0) is 19.9 Å². The quantitative estimate of drug-likeness (QED) is 0.619. The molecule has 7 heteroatoms. The molecule has 15 heavy (non-hydrogen) atoms. The Kier molecular flexibility index (Phi) is 5.76. The molecule has 0 radical (unpaired) electrons. The summed E-state index contributed by atoms with van der Waals surface area (Å²) in [6.45, 7) is 2.28. The molecule has 0 aromatic carbocycles. The van der Waals surface area contributed by atoms with E-state index < -0.39 is 19.7 Å². The summed E-state index contributed by atoms with van der Waals surface area (Å²) in [7, 11) is -5.89. The Morgan fingerprint density at radius 1 is 1.07 bits per heavy atom. The Labute approximate surface area is 92.1 Å². The minimum absolute atomic E-state index is 0.0753. The van der Waals surface area contributed by atoms with Gasteiger partial charge in [0.25, 0.3) is 0 Å². The third-order valence-corrected chi connectivity index (χ3v) is 3.87. The van der Waals surface area contributed by atoms with E-state index in [9.17, 15) is 16.8 Å². The van der Waals surface area contributed by atoms with Gasteiger partial charge in [-0.15, -0.1) is 0 Å². The Hall–Kier alpha value is -0.140. The highest BCUT2D eigenvalue weighted by atomic mass is 32.2. The van der Waals surface area contributed by atoms with Gasteiger partial charge in [0.15, 0.2) is 0 Å². The molecule has 0 saturated heterocycles. The van der Waals surface area contributed by atoms with E-state index in [0.29, 0.717) is 13.0 Å². The molecule has 5 nitrogen and oxygen atoms in total. The molecule has 1 atom stereocenters. The number of hydrogen-bond donors (Lipinski definition) is 1. The van der Waals surface area contributed by atoms with Crippen molar-refractivity contribution in [3.05, 3.63) is 0 Å². The summed E-state index contributed by atoms with van der Waals surface area (Å²) < 4.78 is 43.4. The van der Waals surface area contributed by atoms with E-state index in [1.54, 1.807) is 6.92 Å². The summed E-state index contributed by atoms with van der Waals surface area (Å²) in [5, 5.41) is 2.97. The van der Waals surface area contributed by atoms with Crippen LogP contribution in [0.15, 0.2) is 0 Å². The van der Waals surface area contributed by atoms with Gasteiger partial charge < -0.3 is 5.32 Å². The van der Waals surface area contributed by atoms with Gasteiger partial charge >= 0.3 is 0 Å². The van der Waals surface area contributed by atoms with Crippen molar-refractivity contribution in [1.82, 2.24) is 5.32 Å². The average Bonchev–Trinajstić information content (AvgIpc) is 1.92. The molecule has 0 aromatic heterocycles. The summed E-state index contributed by atoms with van der Waals surface area (Å²) in [6, 6.07) is -0.139. The van der Waals surface area contributed by atoms with E-state index in [0.717, 1.165) is 0 Å². The lowest BCUT2D eigenvalue weighted by Crippen LogP contribution is -2.33. The molecule has 0 heterocycles. The maximum atomic E-state index is 10.9. The predicted molar refractivity (Wildman–Crippen MR) is 61.5 cm³/mol. The highest BCUT2D eigenvalue weighted by Gasteiger charge is 2.09. The first-order valence-corrected chi connectivity index (χ1v) is 8.81. The molecule has 0 aliphatic carbocycles. The van der Waals surface area contributed by atoms with Crippen molar-refractivity contribution < 1.29 is 16.8 Å². The van der Waals surface area contributed by atoms with Crippen molar-refractivity contribution in [2.75, 3.05) is 30.6 Å². The van der Waals surface area contributed by atoms with Crippen molar-refractivity contribution in [3.63, 3.8) is 0 Å². The summed E-state index contributed by atoms with van der Waals surface area (Å²) in [4.78, 5) is 0. The first kappa shape index (κ1) is 14.9. The fraction of sp³-hybridized carbons (Fsp3) is 1.00. The largest absolute Gasteiger partial charge is 0.313 e. The lowest BCUT2D eigenvalue weighted by Gasteiger charge is -2.11. The van der Waals surface area contributed by atoms with Crippen LogP contribution in [0.25, 0.3) is 0 Å². The van der Waals surface area contributed by atoms with E-state index in [4.69, 9.17) is 0 Å². The summed E-state index contributed by atoms with van der Waals surface area (Å²) >= 11 is 0. The first-order valence-electron chi connectivity index (χ1n) is 4.69. The second kappa shape index (κ2) is 5.81. The summed E-state index contributed by atoms with van der Waals surface area (Å²) in [5.41, 5.74) is 0. The van der Waals surface area contributed by atoms with Crippen molar-refractivity contribution in [2.24, 2.45) is 0 Å². The van der Waals surface area contributed by atoms with Gasteiger partial charge in [0.2, 0.25) is 0 Å². The van der Waals surface area contributed by atoms with Gasteiger partial charge in [-0.25, -0.2) is 16.8 Å². The lowest BCUT2D eigenvalue weighted by molar-refractivity contribution is 0.554. The highest BCUT2D eigenvalue weighted by molar-refractivity contribution is 7.90. The molecule has 0 amide bonds. The van der Waals surface area contributed by atoms with E-state index in [-0.39, 0.29) is 17.5 Å². The zero-order valence-electron chi connectivity index (χ0n) is 9.36. The molecule has 1 unspecified atom stereocenters. The van der Waals surface area contributed by atoms with E-state index in [1.165, 1.54) is 12.5 Å². The van der Waals surface area contributed by atoms with Gasteiger partial charge in [-0.1, -0.05) is 0 Å². The normalized spacial score (nSPS) is 15.1. The van der Waals surface area contributed by atoms with Gasteiger partial charge in [0.05, 0.1) is 11.5 Å². The zero-order valence-corrected chi connectivity index (χ0v) is 11.0. The fourth-order valence-electron chi connectivity index (χ4n) is 1.20. The van der Waals surface area contributed by atoms with E-state index in [1.807, 2.05) is 0 Å². The van der Waals surface area contributed by atoms with E-state index in [2.05, 4.69) is 5.32 Å². The Morgan fingerprint density at radius 3 is 2.00 bits per heavy atom. The standard InChI is InChI=1S/C8H19NO4S2/c1-8(7-15(3,12)13)9-5-4-6-14(2,10)11/h8-9H,4-7H2,1-3H3. The number of sulfone groups is 2. The number of nitrogens with one attached hydrogen (secondary N) is 1. The molecule has 1 N–H and O–H groups in total. The Bertz CT molecular complexity index is 371. The van der Waals surface area contributed by atoms with Gasteiger partial charge in [0.1, 0.15) is 19.7 Å². The SMILES string of the molecule is CC(CS(C)(=O)=O)NCCCS(C)(=O)=O. The molecule has 0 bridgehead atoms. The molecular weight excluding hydrogens is 238 g/mol. The second-order valence-electron chi connectivity index (χ2n) is 3.93. The molecule has 0 fully saturated rings. The van der Waals surface area contributed by atoms with Crippen molar-refractivity contribution in [3.8, 4) is 0 Å². The third kappa shape index (κ3) is 11.8. The zero-order chi connectivity index (χ0) is 12.1. The highest BCUT2D eigenvalue weighted by Crippen LogP contribution is 1.92. The average molecular weight is 257 g/mol. The van der Waals surface area contributed by atoms with Gasteiger partial charge in [0, 0.05) is 18.6 Å². The molecule has 0 aromatic rings. The Balaban J connectivity index is 3.70. The van der Waals surface area contributed by atoms with Gasteiger partial charge in [-0.2, -0.15) is 0 Å². The van der Waals surface area contributed by atoms with Crippen LogP contribution in [-0.4, -0.2) is 53.4 Å². The van der Waals surface area contributed by atoms with Gasteiger partial charge in [-0.3, -0.25) is 0 Å². The third-order valence-electron chi connectivity index (χ3n) is 1.74. The molecular formula is C8H19NO4S2. The van der Waals surface area contributed by atoms with Crippen LogP contribution in [0.3, 0.4) is 0 Å². The maximum absolute atomic E-state index is 10.9. The second-order valence-corrected chi connectivity index (χ2v) is 8.38. The smallest absolute Gasteiger partial charge is 0.148 e. The van der Waals surface area contributed by atoms with E-state index >= 15 is 0 Å². The van der Waals surface area contributed by atoms with Crippen LogP contribution in [0, 0.1) is 0 Å². The summed E-state index contributed by atoms with van der Waals surface area (Å²) in [6.07, 6.45) is 2.88. The van der Waals surface area contributed by atoms with Crippen LogP contribution in [0.5, 0.6) is 0 Å². The van der Waals surface area contributed by atoms with Crippen molar-refractivity contribution in [2.45, 2.75) is 19.4 Å². The molecule has 0 rings (SSSR count). The van der Waals surface area contributed by atoms with Crippen molar-refractivity contribution >= 4 is 19.7 Å². The molecule has 0 saturated carbocycles. The predicted octanol–water partition coefficient (Wildman–Crippen LogP) is -0.556. The minimum atomic E-state index is -2.97. The van der Waals surface area contributed by atoms with Crippen LogP contribution in [0.1, 0.15) is 13.3 Å². The van der Waals surface area contributed by atoms with Crippen LogP contribution in [0.4, 0.5) is 0 Å². The molecule has 92 valence electrons. The molecule has 0 aliphatic rings. The van der Waals surface area contributed by atoms with Crippen LogP contribution in [-0.2, 0) is 19.7 Å². The fourth-order valence-corrected chi connectivity index (χ4v) is 2.89. The lowest BCUT2D eigenvalue weighted by atomic mass is 10.3. The first-order chi connectivity index (χ1) is 6.60. The van der Waals surface area contributed by atoms with Crippen LogP contribution >= 0.6 is 0 Å². The topological polar surface area (TPSA) is 80.3 Å².